The molecule has 0 fully saturated rings. The first-order valence-electron chi connectivity index (χ1n) is 10.5. The molecule has 0 atom stereocenters. The van der Waals surface area contributed by atoms with Gasteiger partial charge in [0.15, 0.2) is 11.5 Å². The second kappa shape index (κ2) is 9.65. The molecule has 34 heavy (non-hydrogen) atoms. The third-order valence-corrected chi connectivity index (χ3v) is 5.30. The van der Waals surface area contributed by atoms with Crippen molar-refractivity contribution in [2.45, 2.75) is 19.9 Å². The Balaban J connectivity index is 1.67. The van der Waals surface area contributed by atoms with Crippen LogP contribution < -0.4 is 24.7 Å². The predicted octanol–water partition coefficient (Wildman–Crippen LogP) is 2.53. The van der Waals surface area contributed by atoms with Crippen molar-refractivity contribution in [3.05, 3.63) is 76.0 Å². The lowest BCUT2D eigenvalue weighted by atomic mass is 10.1. The van der Waals surface area contributed by atoms with Crippen LogP contribution in [0.2, 0.25) is 0 Å². The lowest BCUT2D eigenvalue weighted by Gasteiger charge is -2.22. The van der Waals surface area contributed by atoms with Crippen molar-refractivity contribution in [1.82, 2.24) is 19.6 Å². The van der Waals surface area contributed by atoms with Crippen LogP contribution in [0.15, 0.2) is 53.3 Å². The van der Waals surface area contributed by atoms with E-state index >= 15 is 0 Å². The molecule has 4 aromatic rings. The molecule has 2 aromatic heterocycles. The SMILES string of the molecule is COc1ccc(N(Cc2nc3nc(C)cc(=O)n3[nH]2)C(=O)Cc2ccc(OC)c(OC)c2)cc1. The van der Waals surface area contributed by atoms with Crippen LogP contribution in [0.3, 0.4) is 0 Å². The number of benzene rings is 2. The van der Waals surface area contributed by atoms with Crippen LogP contribution in [0.25, 0.3) is 5.78 Å². The van der Waals surface area contributed by atoms with Gasteiger partial charge < -0.3 is 19.1 Å². The Morgan fingerprint density at radius 3 is 2.38 bits per heavy atom. The number of carbonyl (C=O) groups is 1. The molecule has 1 N–H and O–H groups in total. The quantitative estimate of drug-likeness (QED) is 0.427. The van der Waals surface area contributed by atoms with E-state index in [1.807, 2.05) is 6.07 Å². The molecule has 0 spiro atoms. The molecule has 0 unspecified atom stereocenters. The number of rotatable bonds is 8. The molecule has 0 aliphatic carbocycles. The number of H-pyrrole nitrogens is 1. The summed E-state index contributed by atoms with van der Waals surface area (Å²) in [4.78, 5) is 36.0. The molecule has 0 aliphatic rings. The number of aromatic nitrogens is 4. The summed E-state index contributed by atoms with van der Waals surface area (Å²) in [5.41, 5.74) is 1.72. The summed E-state index contributed by atoms with van der Waals surface area (Å²) in [6.07, 6.45) is 0.115. The van der Waals surface area contributed by atoms with E-state index in [0.29, 0.717) is 34.5 Å². The van der Waals surface area contributed by atoms with Crippen LogP contribution in [0.5, 0.6) is 17.2 Å². The third-order valence-electron chi connectivity index (χ3n) is 5.30. The topological polar surface area (TPSA) is 111 Å². The minimum Gasteiger partial charge on any atom is -0.497 e. The van der Waals surface area contributed by atoms with E-state index in [1.54, 1.807) is 69.6 Å². The molecule has 0 aliphatic heterocycles. The van der Waals surface area contributed by atoms with Gasteiger partial charge in [-0.1, -0.05) is 6.07 Å². The fraction of sp³-hybridized carbons (Fsp3) is 0.250. The number of hydrogen-bond acceptors (Lipinski definition) is 7. The van der Waals surface area contributed by atoms with Crippen molar-refractivity contribution in [2.75, 3.05) is 26.2 Å². The first kappa shape index (κ1) is 22.8. The smallest absolute Gasteiger partial charge is 0.274 e. The van der Waals surface area contributed by atoms with Crippen LogP contribution in [-0.4, -0.2) is 46.8 Å². The number of fused-ring (bicyclic) bond motifs is 1. The van der Waals surface area contributed by atoms with Crippen LogP contribution in [-0.2, 0) is 17.8 Å². The molecular weight excluding hydrogens is 438 g/mol. The zero-order valence-corrected chi connectivity index (χ0v) is 19.4. The summed E-state index contributed by atoms with van der Waals surface area (Å²) >= 11 is 0. The maximum atomic E-state index is 13.5. The van der Waals surface area contributed by atoms with Gasteiger partial charge in [-0.2, -0.15) is 9.50 Å². The molecule has 2 aromatic carbocycles. The van der Waals surface area contributed by atoms with E-state index in [1.165, 1.54) is 10.6 Å². The fourth-order valence-electron chi connectivity index (χ4n) is 3.60. The predicted molar refractivity (Wildman–Crippen MR) is 126 cm³/mol. The molecule has 0 radical (unpaired) electrons. The number of carbonyl (C=O) groups excluding carboxylic acids is 1. The van der Waals surface area contributed by atoms with Gasteiger partial charge in [0.25, 0.3) is 11.3 Å². The molecule has 0 saturated heterocycles. The van der Waals surface area contributed by atoms with E-state index in [9.17, 15) is 9.59 Å². The summed E-state index contributed by atoms with van der Waals surface area (Å²) in [7, 11) is 4.69. The van der Waals surface area contributed by atoms with E-state index in [2.05, 4.69) is 15.1 Å². The second-order valence-electron chi connectivity index (χ2n) is 7.59. The third kappa shape index (κ3) is 4.70. The highest BCUT2D eigenvalue weighted by Crippen LogP contribution is 2.28. The van der Waals surface area contributed by atoms with Gasteiger partial charge in [-0.3, -0.25) is 14.7 Å². The Morgan fingerprint density at radius 1 is 0.971 bits per heavy atom. The van der Waals surface area contributed by atoms with E-state index in [4.69, 9.17) is 14.2 Å². The Kier molecular flexibility index (Phi) is 6.48. The van der Waals surface area contributed by atoms with Gasteiger partial charge in [0, 0.05) is 17.4 Å². The zero-order valence-electron chi connectivity index (χ0n) is 19.4. The van der Waals surface area contributed by atoms with Crippen LogP contribution in [0.4, 0.5) is 5.69 Å². The monoisotopic (exact) mass is 463 g/mol. The van der Waals surface area contributed by atoms with E-state index < -0.39 is 0 Å². The molecule has 10 heteroatoms. The van der Waals surface area contributed by atoms with Crippen LogP contribution >= 0.6 is 0 Å². The number of nitrogens with one attached hydrogen (secondary N) is 1. The average Bonchev–Trinajstić information content (AvgIpc) is 3.25. The van der Waals surface area contributed by atoms with Crippen molar-refractivity contribution in [2.24, 2.45) is 0 Å². The van der Waals surface area contributed by atoms with Gasteiger partial charge in [0.2, 0.25) is 5.91 Å². The molecule has 0 bridgehead atoms. The first-order chi connectivity index (χ1) is 16.4. The number of methoxy groups -OCH3 is 3. The second-order valence-corrected chi connectivity index (χ2v) is 7.59. The fourth-order valence-corrected chi connectivity index (χ4v) is 3.60. The van der Waals surface area contributed by atoms with Gasteiger partial charge in [-0.05, 0) is 48.9 Å². The van der Waals surface area contributed by atoms with Gasteiger partial charge in [0.05, 0.1) is 34.3 Å². The molecule has 4 rings (SSSR count). The highest BCUT2D eigenvalue weighted by molar-refractivity contribution is 5.94. The highest BCUT2D eigenvalue weighted by atomic mass is 16.5. The Morgan fingerprint density at radius 2 is 1.71 bits per heavy atom. The number of anilines is 1. The minimum atomic E-state index is -0.270. The highest BCUT2D eigenvalue weighted by Gasteiger charge is 2.20. The Hall–Kier alpha value is -4.34. The molecule has 2 heterocycles. The van der Waals surface area contributed by atoms with Gasteiger partial charge in [-0.15, -0.1) is 0 Å². The normalized spacial score (nSPS) is 10.8. The molecule has 10 nitrogen and oxygen atoms in total. The van der Waals surface area contributed by atoms with Crippen molar-refractivity contribution in [3.8, 4) is 17.2 Å². The summed E-state index contributed by atoms with van der Waals surface area (Å²) < 4.78 is 17.1. The van der Waals surface area contributed by atoms with E-state index in [-0.39, 0.29) is 30.2 Å². The standard InChI is InChI=1S/C24H25N5O5/c1-15-11-23(31)29-24(25-15)26-21(27-29)14-28(17-6-8-18(32-2)9-7-17)22(30)13-16-5-10-19(33-3)20(12-16)34-4/h5-12H,13-14H2,1-4H3,(H,25,26,27). The Bertz CT molecular complexity index is 1380. The average molecular weight is 463 g/mol. The van der Waals surface area contributed by atoms with Gasteiger partial charge in [0.1, 0.15) is 11.6 Å². The molecule has 0 saturated carbocycles. The lowest BCUT2D eigenvalue weighted by Crippen LogP contribution is -2.32. The maximum absolute atomic E-state index is 13.5. The van der Waals surface area contributed by atoms with Crippen LogP contribution in [0, 0.1) is 6.92 Å². The molecule has 176 valence electrons. The number of ether oxygens (including phenoxy) is 3. The zero-order chi connectivity index (χ0) is 24.2. The van der Waals surface area contributed by atoms with Crippen molar-refractivity contribution in [3.63, 3.8) is 0 Å². The summed E-state index contributed by atoms with van der Waals surface area (Å²) in [6, 6.07) is 13.9. The van der Waals surface area contributed by atoms with Crippen molar-refractivity contribution >= 4 is 17.4 Å². The molecule has 1 amide bonds. The number of hydrogen-bond donors (Lipinski definition) is 1. The van der Waals surface area contributed by atoms with Crippen molar-refractivity contribution in [1.29, 1.82) is 0 Å². The van der Waals surface area contributed by atoms with Crippen molar-refractivity contribution < 1.29 is 19.0 Å². The minimum absolute atomic E-state index is 0.111. The van der Waals surface area contributed by atoms with Gasteiger partial charge >= 0.3 is 0 Å². The summed E-state index contributed by atoms with van der Waals surface area (Å²) in [5, 5.41) is 2.94. The molecular formula is C24H25N5O5. The largest absolute Gasteiger partial charge is 0.497 e. The Labute approximate surface area is 195 Å². The maximum Gasteiger partial charge on any atom is 0.274 e. The van der Waals surface area contributed by atoms with Crippen LogP contribution in [0.1, 0.15) is 17.1 Å². The lowest BCUT2D eigenvalue weighted by molar-refractivity contribution is -0.118. The number of aromatic amines is 1. The summed E-state index contributed by atoms with van der Waals surface area (Å²) in [5.74, 6) is 2.30. The number of aryl methyl sites for hydroxylation is 1. The van der Waals surface area contributed by atoms with E-state index in [0.717, 1.165) is 5.56 Å². The van der Waals surface area contributed by atoms with Gasteiger partial charge in [-0.25, -0.2) is 4.98 Å². The first-order valence-corrected chi connectivity index (χ1v) is 10.5. The number of nitrogens with zero attached hydrogens (tertiary/aromatic N) is 4. The summed E-state index contributed by atoms with van der Waals surface area (Å²) in [6.45, 7) is 1.84. The number of amides is 1.